The summed E-state index contributed by atoms with van der Waals surface area (Å²) in [5, 5.41) is 4.07. The molecule has 1 N–H and O–H groups in total. The number of sulfonamides is 1. The van der Waals surface area contributed by atoms with Crippen LogP contribution in [0.25, 0.3) is 5.69 Å². The van der Waals surface area contributed by atoms with E-state index in [0.717, 1.165) is 44.6 Å². The number of benzene rings is 3. The fourth-order valence-corrected chi connectivity index (χ4v) is 5.41. The third-order valence-electron chi connectivity index (χ3n) is 5.89. The minimum Gasteiger partial charge on any atom is -0.318 e. The average molecular weight is 519 g/mol. The number of hydrazone groups is 1. The Hall–Kier alpha value is -4.24. The van der Waals surface area contributed by atoms with Crippen LogP contribution in [-0.4, -0.2) is 31.7 Å². The van der Waals surface area contributed by atoms with E-state index in [1.54, 1.807) is 24.3 Å². The van der Waals surface area contributed by atoms with Gasteiger partial charge in [-0.05, 0) is 75.4 Å². The largest absolute Gasteiger partial charge is 0.318 e. The van der Waals surface area contributed by atoms with Gasteiger partial charge in [0.1, 0.15) is 12.4 Å². The summed E-state index contributed by atoms with van der Waals surface area (Å²) in [6, 6.07) is 23.0. The molecule has 1 amide bonds. The quantitative estimate of drug-likeness (QED) is 0.266. The minimum atomic E-state index is -4.15. The molecule has 9 heteroatoms. The van der Waals surface area contributed by atoms with E-state index in [0.29, 0.717) is 5.69 Å². The van der Waals surface area contributed by atoms with Crippen LogP contribution < -0.4 is 9.73 Å². The Kier molecular flexibility index (Phi) is 7.54. The lowest BCUT2D eigenvalue weighted by Crippen LogP contribution is -2.39. The second kappa shape index (κ2) is 10.8. The Morgan fingerprint density at radius 3 is 2.27 bits per heavy atom. The van der Waals surface area contributed by atoms with Gasteiger partial charge >= 0.3 is 0 Å². The molecule has 0 spiro atoms. The van der Waals surface area contributed by atoms with Crippen LogP contribution in [0.5, 0.6) is 0 Å². The van der Waals surface area contributed by atoms with Crippen molar-refractivity contribution in [1.29, 1.82) is 0 Å². The van der Waals surface area contributed by atoms with Crippen LogP contribution in [0.4, 0.5) is 10.1 Å². The van der Waals surface area contributed by atoms with E-state index >= 15 is 0 Å². The van der Waals surface area contributed by atoms with Crippen LogP contribution in [0.15, 0.2) is 94.9 Å². The van der Waals surface area contributed by atoms with Crippen molar-refractivity contribution in [1.82, 2.24) is 9.99 Å². The molecular formula is C28H27FN4O3S. The maximum atomic E-state index is 13.4. The molecule has 1 heterocycles. The number of hydrogen-bond donors (Lipinski definition) is 1. The third kappa shape index (κ3) is 5.78. The van der Waals surface area contributed by atoms with Gasteiger partial charge in [-0.1, -0.05) is 35.9 Å². The Morgan fingerprint density at radius 2 is 1.62 bits per heavy atom. The van der Waals surface area contributed by atoms with E-state index in [9.17, 15) is 17.6 Å². The number of nitrogens with zero attached hydrogens (tertiary/aromatic N) is 3. The number of halogens is 1. The monoisotopic (exact) mass is 518 g/mol. The Morgan fingerprint density at radius 1 is 0.973 bits per heavy atom. The molecule has 1 aromatic heterocycles. The van der Waals surface area contributed by atoms with Crippen LogP contribution in [-0.2, 0) is 14.8 Å². The zero-order valence-corrected chi connectivity index (χ0v) is 21.5. The lowest BCUT2D eigenvalue weighted by atomic mass is 10.2. The maximum absolute atomic E-state index is 13.4. The van der Waals surface area contributed by atoms with Crippen molar-refractivity contribution in [2.24, 2.45) is 5.10 Å². The van der Waals surface area contributed by atoms with E-state index in [-0.39, 0.29) is 4.90 Å². The van der Waals surface area contributed by atoms with Crippen LogP contribution >= 0.6 is 0 Å². The SMILES string of the molecule is Cc1ccc(N(CC(=O)N/N=C\c2cc(C)n(-c3ccccc3)c2C)S(=O)(=O)c2ccc(F)cc2)cc1. The molecule has 4 aromatic rings. The summed E-state index contributed by atoms with van der Waals surface area (Å²) in [5.41, 5.74) is 7.45. The summed E-state index contributed by atoms with van der Waals surface area (Å²) in [5.74, 6) is -1.18. The van der Waals surface area contributed by atoms with Gasteiger partial charge in [-0.25, -0.2) is 18.2 Å². The van der Waals surface area contributed by atoms with E-state index < -0.39 is 28.3 Å². The molecule has 0 radical (unpaired) electrons. The molecule has 0 aliphatic rings. The van der Waals surface area contributed by atoms with Gasteiger partial charge < -0.3 is 4.57 Å². The first-order valence-electron chi connectivity index (χ1n) is 11.6. The summed E-state index contributed by atoms with van der Waals surface area (Å²) in [6.45, 7) is 5.30. The molecule has 0 aliphatic heterocycles. The number of amides is 1. The summed E-state index contributed by atoms with van der Waals surface area (Å²) in [6.07, 6.45) is 1.53. The van der Waals surface area contributed by atoms with Gasteiger partial charge in [0.2, 0.25) is 0 Å². The standard InChI is InChI=1S/C28H27FN4O3S/c1-20-9-13-25(14-10-20)32(37(35,36)27-15-11-24(29)12-16-27)19-28(34)31-30-18-23-17-21(2)33(22(23)3)26-7-5-4-6-8-26/h4-18H,19H2,1-3H3,(H,31,34)/b30-18-. The molecule has 37 heavy (non-hydrogen) atoms. The first kappa shape index (κ1) is 25.8. The van der Waals surface area contributed by atoms with E-state index in [2.05, 4.69) is 15.1 Å². The molecular weight excluding hydrogens is 491 g/mol. The highest BCUT2D eigenvalue weighted by Crippen LogP contribution is 2.24. The van der Waals surface area contributed by atoms with Crippen LogP contribution in [0.2, 0.25) is 0 Å². The molecule has 0 bridgehead atoms. The van der Waals surface area contributed by atoms with Gasteiger partial charge in [0, 0.05) is 22.6 Å². The predicted octanol–water partition coefficient (Wildman–Crippen LogP) is 4.89. The summed E-state index contributed by atoms with van der Waals surface area (Å²) in [7, 11) is -4.15. The van der Waals surface area contributed by atoms with Gasteiger partial charge in [0.15, 0.2) is 0 Å². The fourth-order valence-electron chi connectivity index (χ4n) is 3.99. The number of carbonyl (C=O) groups is 1. The lowest BCUT2D eigenvalue weighted by Gasteiger charge is -2.23. The van der Waals surface area contributed by atoms with Crippen molar-refractivity contribution in [3.05, 3.63) is 113 Å². The number of aryl methyl sites for hydroxylation is 2. The van der Waals surface area contributed by atoms with Gasteiger partial charge in [0.05, 0.1) is 16.8 Å². The highest BCUT2D eigenvalue weighted by molar-refractivity contribution is 7.92. The number of para-hydroxylation sites is 1. The number of hydrogen-bond acceptors (Lipinski definition) is 4. The Balaban J connectivity index is 1.55. The molecule has 7 nitrogen and oxygen atoms in total. The number of rotatable bonds is 8. The zero-order chi connectivity index (χ0) is 26.6. The fraction of sp³-hybridized carbons (Fsp3) is 0.143. The summed E-state index contributed by atoms with van der Waals surface area (Å²) >= 11 is 0. The zero-order valence-electron chi connectivity index (χ0n) is 20.7. The van der Waals surface area contributed by atoms with Crippen molar-refractivity contribution in [2.75, 3.05) is 10.8 Å². The number of carbonyl (C=O) groups excluding carboxylic acids is 1. The van der Waals surface area contributed by atoms with E-state index in [1.807, 2.05) is 57.2 Å². The molecule has 3 aromatic carbocycles. The Labute approximate surface area is 215 Å². The number of anilines is 1. The van der Waals surface area contributed by atoms with Gasteiger partial charge in [0.25, 0.3) is 15.9 Å². The van der Waals surface area contributed by atoms with Crippen molar-refractivity contribution in [3.63, 3.8) is 0 Å². The van der Waals surface area contributed by atoms with Crippen LogP contribution in [0, 0.1) is 26.6 Å². The lowest BCUT2D eigenvalue weighted by molar-refractivity contribution is -0.119. The first-order chi connectivity index (χ1) is 17.7. The smallest absolute Gasteiger partial charge is 0.264 e. The predicted molar refractivity (Wildman–Crippen MR) is 143 cm³/mol. The average Bonchev–Trinajstić information content (AvgIpc) is 3.16. The Bertz CT molecular complexity index is 1530. The van der Waals surface area contributed by atoms with Gasteiger partial charge in [-0.3, -0.25) is 9.10 Å². The van der Waals surface area contributed by atoms with Crippen LogP contribution in [0.3, 0.4) is 0 Å². The van der Waals surface area contributed by atoms with Gasteiger partial charge in [-0.15, -0.1) is 0 Å². The molecule has 0 fully saturated rings. The molecule has 0 aliphatic carbocycles. The molecule has 0 unspecified atom stereocenters. The molecule has 190 valence electrons. The molecule has 0 atom stereocenters. The maximum Gasteiger partial charge on any atom is 0.264 e. The van der Waals surface area contributed by atoms with Crippen molar-refractivity contribution < 1.29 is 17.6 Å². The highest BCUT2D eigenvalue weighted by atomic mass is 32.2. The second-order valence-corrected chi connectivity index (χ2v) is 10.5. The molecule has 0 saturated carbocycles. The normalized spacial score (nSPS) is 11.6. The van der Waals surface area contributed by atoms with E-state index in [1.165, 1.54) is 18.3 Å². The van der Waals surface area contributed by atoms with Gasteiger partial charge in [-0.2, -0.15) is 5.10 Å². The van der Waals surface area contributed by atoms with E-state index in [4.69, 9.17) is 0 Å². The minimum absolute atomic E-state index is 0.126. The highest BCUT2D eigenvalue weighted by Gasteiger charge is 2.27. The van der Waals surface area contributed by atoms with Crippen LogP contribution in [0.1, 0.15) is 22.5 Å². The topological polar surface area (TPSA) is 83.8 Å². The third-order valence-corrected chi connectivity index (χ3v) is 7.68. The number of nitrogens with one attached hydrogen (secondary N) is 1. The van der Waals surface area contributed by atoms with Crippen molar-refractivity contribution >= 4 is 27.8 Å². The summed E-state index contributed by atoms with van der Waals surface area (Å²) < 4.78 is 43.2. The summed E-state index contributed by atoms with van der Waals surface area (Å²) in [4.78, 5) is 12.7. The van der Waals surface area contributed by atoms with Crippen molar-refractivity contribution in [3.8, 4) is 5.69 Å². The molecule has 0 saturated heterocycles. The number of aromatic nitrogens is 1. The first-order valence-corrected chi connectivity index (χ1v) is 13.0. The second-order valence-electron chi connectivity index (χ2n) is 8.59. The molecule has 4 rings (SSSR count). The van der Waals surface area contributed by atoms with Crippen molar-refractivity contribution in [2.45, 2.75) is 25.7 Å².